The molecule has 0 spiro atoms. The van der Waals surface area contributed by atoms with Gasteiger partial charge < -0.3 is 13.9 Å². The number of aromatic nitrogens is 1. The van der Waals surface area contributed by atoms with Crippen LogP contribution < -0.4 is 4.90 Å². The third kappa shape index (κ3) is 7.21. The topological polar surface area (TPSA) is 21.3 Å². The Kier molecular flexibility index (Phi) is 10.4. The highest BCUT2D eigenvalue weighted by atomic mass is 16.3. The molecule has 1 atom stereocenters. The third-order valence-electron chi connectivity index (χ3n) is 11.5. The van der Waals surface area contributed by atoms with Gasteiger partial charge in [0.15, 0.2) is 0 Å². The molecule has 6 aromatic carbocycles. The molecule has 2 heterocycles. The number of fused-ring (bicyclic) bond motifs is 6. The molecule has 2 aromatic heterocycles. The first kappa shape index (κ1) is 37.5. The van der Waals surface area contributed by atoms with E-state index in [1.807, 2.05) is 31.2 Å². The molecule has 0 N–H and O–H groups in total. The first-order valence-electron chi connectivity index (χ1n) is 20.6. The van der Waals surface area contributed by atoms with Crippen LogP contribution in [0.2, 0.25) is 0 Å². The number of nitrogens with zero attached hydrogens (tertiary/aromatic N) is 2. The fourth-order valence-corrected chi connectivity index (χ4v) is 8.66. The maximum atomic E-state index is 6.22. The standard InChI is InChI=1S/C56H48N2O/c1-5-7-9-18-39(3)41-27-31-44(32-28-41)57(45-33-29-43(30-34-45)42-19-10-8-11-20-42)46(17-6-2)37-40(4)48-23-16-25-53-56(48)50-22-12-14-24-52(50)58(53)47-35-36-55-51(38-47)49-21-13-15-26-54(49)59-55/h5-27,29-31,33-38,40H,3,28,32H2,1-2,4H3/b7-5-,17-6-,18-9-,46-37+. The minimum atomic E-state index is 0.0855. The fourth-order valence-electron chi connectivity index (χ4n) is 8.66. The van der Waals surface area contributed by atoms with Crippen LogP contribution in [-0.2, 0) is 0 Å². The van der Waals surface area contributed by atoms with E-state index in [0.717, 1.165) is 57.4 Å². The molecule has 288 valence electrons. The average Bonchev–Trinajstić information content (AvgIpc) is 3.83. The highest BCUT2D eigenvalue weighted by Crippen LogP contribution is 2.40. The number of hydrogen-bond acceptors (Lipinski definition) is 2. The van der Waals surface area contributed by atoms with Crippen molar-refractivity contribution in [2.24, 2.45) is 0 Å². The summed E-state index contributed by atoms with van der Waals surface area (Å²) in [4.78, 5) is 2.45. The van der Waals surface area contributed by atoms with Gasteiger partial charge in [0.25, 0.3) is 0 Å². The van der Waals surface area contributed by atoms with E-state index in [4.69, 9.17) is 4.42 Å². The fraction of sp³-hybridized carbons (Fsp3) is 0.107. The molecule has 0 fully saturated rings. The van der Waals surface area contributed by atoms with Crippen LogP contribution in [0.5, 0.6) is 0 Å². The van der Waals surface area contributed by atoms with E-state index in [9.17, 15) is 0 Å². The quantitative estimate of drug-likeness (QED) is 0.122. The van der Waals surface area contributed by atoms with Crippen molar-refractivity contribution in [2.75, 3.05) is 4.90 Å². The van der Waals surface area contributed by atoms with Crippen molar-refractivity contribution < 1.29 is 4.42 Å². The van der Waals surface area contributed by atoms with E-state index < -0.39 is 0 Å². The predicted molar refractivity (Wildman–Crippen MR) is 252 cm³/mol. The van der Waals surface area contributed by atoms with Gasteiger partial charge in [0, 0.05) is 50.2 Å². The predicted octanol–water partition coefficient (Wildman–Crippen LogP) is 15.7. The number of allylic oxidation sites excluding steroid dienone is 12. The summed E-state index contributed by atoms with van der Waals surface area (Å²) in [5.74, 6) is 0.0855. The average molecular weight is 765 g/mol. The molecular weight excluding hydrogens is 717 g/mol. The number of hydrogen-bond donors (Lipinski definition) is 0. The first-order valence-corrected chi connectivity index (χ1v) is 20.6. The largest absolute Gasteiger partial charge is 0.456 e. The molecule has 0 bridgehead atoms. The second kappa shape index (κ2) is 16.4. The highest BCUT2D eigenvalue weighted by molar-refractivity contribution is 6.12. The summed E-state index contributed by atoms with van der Waals surface area (Å²) in [5.41, 5.74) is 14.8. The normalized spacial score (nSPS) is 14.3. The van der Waals surface area contributed by atoms with Crippen molar-refractivity contribution in [1.29, 1.82) is 0 Å². The second-order valence-corrected chi connectivity index (χ2v) is 15.3. The lowest BCUT2D eigenvalue weighted by Crippen LogP contribution is -2.23. The van der Waals surface area contributed by atoms with Gasteiger partial charge in [-0.15, -0.1) is 0 Å². The van der Waals surface area contributed by atoms with Gasteiger partial charge >= 0.3 is 0 Å². The number of para-hydroxylation sites is 2. The number of furan rings is 1. The van der Waals surface area contributed by atoms with E-state index in [1.54, 1.807) is 0 Å². The van der Waals surface area contributed by atoms with Gasteiger partial charge in [0.05, 0.1) is 11.0 Å². The van der Waals surface area contributed by atoms with Gasteiger partial charge in [-0.3, -0.25) is 0 Å². The van der Waals surface area contributed by atoms with E-state index in [2.05, 4.69) is 200 Å². The van der Waals surface area contributed by atoms with Crippen molar-refractivity contribution in [2.45, 2.75) is 39.5 Å². The summed E-state index contributed by atoms with van der Waals surface area (Å²) in [7, 11) is 0. The Morgan fingerprint density at radius 1 is 0.661 bits per heavy atom. The summed E-state index contributed by atoms with van der Waals surface area (Å²) < 4.78 is 8.63. The van der Waals surface area contributed by atoms with Crippen LogP contribution >= 0.6 is 0 Å². The van der Waals surface area contributed by atoms with Crippen LogP contribution in [0.4, 0.5) is 5.69 Å². The Morgan fingerprint density at radius 3 is 2.17 bits per heavy atom. The monoisotopic (exact) mass is 764 g/mol. The molecule has 0 amide bonds. The maximum Gasteiger partial charge on any atom is 0.135 e. The summed E-state index contributed by atoms with van der Waals surface area (Å²) in [6, 6.07) is 50.1. The Balaban J connectivity index is 1.16. The molecule has 59 heavy (non-hydrogen) atoms. The summed E-state index contributed by atoms with van der Waals surface area (Å²) in [6.45, 7) is 10.9. The first-order chi connectivity index (χ1) is 29.0. The SMILES string of the molecule is C=C(/C=C\C=C/C)C1=CC=C(N(C(/C=C\C)=C/C(C)c2cccc3c2c2ccccc2n3-c2ccc3oc4ccccc4c3c2)c2ccc(-c3ccccc3)cc2)CC1. The number of anilines is 1. The lowest BCUT2D eigenvalue weighted by Gasteiger charge is -2.31. The van der Waals surface area contributed by atoms with Gasteiger partial charge in [-0.1, -0.05) is 147 Å². The van der Waals surface area contributed by atoms with Crippen LogP contribution in [0, 0.1) is 0 Å². The molecule has 1 aliphatic rings. The van der Waals surface area contributed by atoms with Crippen molar-refractivity contribution in [3.63, 3.8) is 0 Å². The summed E-state index contributed by atoms with van der Waals surface area (Å²) >= 11 is 0. The van der Waals surface area contributed by atoms with E-state index in [-0.39, 0.29) is 5.92 Å². The van der Waals surface area contributed by atoms with Crippen molar-refractivity contribution >= 4 is 49.4 Å². The Bertz CT molecular complexity index is 3030. The van der Waals surface area contributed by atoms with Crippen molar-refractivity contribution in [3.05, 3.63) is 229 Å². The molecule has 1 unspecified atom stereocenters. The van der Waals surface area contributed by atoms with Crippen molar-refractivity contribution in [1.82, 2.24) is 4.57 Å². The lowest BCUT2D eigenvalue weighted by molar-refractivity contribution is 0.669. The summed E-state index contributed by atoms with van der Waals surface area (Å²) in [6.07, 6.45) is 21.5. The van der Waals surface area contributed by atoms with E-state index in [0.29, 0.717) is 0 Å². The van der Waals surface area contributed by atoms with Crippen molar-refractivity contribution in [3.8, 4) is 16.8 Å². The molecule has 8 aromatic rings. The van der Waals surface area contributed by atoms with Crippen LogP contribution in [0.3, 0.4) is 0 Å². The second-order valence-electron chi connectivity index (χ2n) is 15.3. The minimum Gasteiger partial charge on any atom is -0.456 e. The van der Waals surface area contributed by atoms with Crippen LogP contribution in [0.25, 0.3) is 60.6 Å². The molecule has 3 nitrogen and oxygen atoms in total. The van der Waals surface area contributed by atoms with Gasteiger partial charge in [-0.2, -0.15) is 0 Å². The molecule has 0 saturated heterocycles. The van der Waals surface area contributed by atoms with Gasteiger partial charge in [-0.25, -0.2) is 0 Å². The smallest absolute Gasteiger partial charge is 0.135 e. The Morgan fingerprint density at radius 2 is 1.39 bits per heavy atom. The Labute approximate surface area is 347 Å². The van der Waals surface area contributed by atoms with Gasteiger partial charge in [0.2, 0.25) is 0 Å². The highest BCUT2D eigenvalue weighted by Gasteiger charge is 2.22. The maximum absolute atomic E-state index is 6.22. The van der Waals surface area contributed by atoms with Crippen LogP contribution in [0.1, 0.15) is 45.1 Å². The Hall–Kier alpha value is -7.10. The molecule has 9 rings (SSSR count). The number of rotatable bonds is 11. The van der Waals surface area contributed by atoms with Gasteiger partial charge in [-0.05, 0) is 115 Å². The zero-order chi connectivity index (χ0) is 40.3. The van der Waals surface area contributed by atoms with Crippen LogP contribution in [0.15, 0.2) is 228 Å². The molecular formula is C56H48N2O. The van der Waals surface area contributed by atoms with Crippen LogP contribution in [-0.4, -0.2) is 4.57 Å². The van der Waals surface area contributed by atoms with E-state index >= 15 is 0 Å². The third-order valence-corrected chi connectivity index (χ3v) is 11.5. The molecule has 3 heteroatoms. The summed E-state index contributed by atoms with van der Waals surface area (Å²) in [5, 5.41) is 4.77. The minimum absolute atomic E-state index is 0.0855. The number of benzene rings is 6. The molecule has 0 radical (unpaired) electrons. The lowest BCUT2D eigenvalue weighted by atomic mass is 9.93. The molecule has 1 aliphatic carbocycles. The zero-order valence-corrected chi connectivity index (χ0v) is 34.0. The molecule has 0 aliphatic heterocycles. The zero-order valence-electron chi connectivity index (χ0n) is 34.0. The van der Waals surface area contributed by atoms with E-state index in [1.165, 1.54) is 49.8 Å². The van der Waals surface area contributed by atoms with Gasteiger partial charge in [0.1, 0.15) is 11.2 Å². The molecule has 0 saturated carbocycles.